The summed E-state index contributed by atoms with van der Waals surface area (Å²) in [6.45, 7) is 1.66. The SMILES string of the molecule is c1ccc(COC[C@@H]2COc3ccccc3O2)cc1. The zero-order valence-electron chi connectivity index (χ0n) is 10.6. The molecule has 1 aliphatic rings. The molecule has 0 amide bonds. The number of hydrogen-bond donors (Lipinski definition) is 0. The van der Waals surface area contributed by atoms with Crippen LogP contribution in [0.15, 0.2) is 54.6 Å². The molecule has 0 fully saturated rings. The lowest BCUT2D eigenvalue weighted by Gasteiger charge is -2.26. The van der Waals surface area contributed by atoms with E-state index in [1.165, 1.54) is 5.56 Å². The molecule has 1 aliphatic heterocycles. The molecule has 3 rings (SSSR count). The second-order valence-electron chi connectivity index (χ2n) is 4.50. The minimum atomic E-state index is -0.0430. The van der Waals surface area contributed by atoms with Crippen molar-refractivity contribution in [2.45, 2.75) is 12.7 Å². The Labute approximate surface area is 112 Å². The molecule has 3 nitrogen and oxygen atoms in total. The van der Waals surface area contributed by atoms with E-state index in [2.05, 4.69) is 0 Å². The normalized spacial score (nSPS) is 17.2. The monoisotopic (exact) mass is 256 g/mol. The second kappa shape index (κ2) is 5.76. The summed E-state index contributed by atoms with van der Waals surface area (Å²) < 4.78 is 17.1. The van der Waals surface area contributed by atoms with Crippen molar-refractivity contribution in [3.63, 3.8) is 0 Å². The minimum Gasteiger partial charge on any atom is -0.486 e. The molecule has 0 aliphatic carbocycles. The molecule has 0 N–H and O–H groups in total. The van der Waals surface area contributed by atoms with Crippen molar-refractivity contribution < 1.29 is 14.2 Å². The van der Waals surface area contributed by atoms with Crippen LogP contribution in [0.1, 0.15) is 5.56 Å². The quantitative estimate of drug-likeness (QED) is 0.841. The lowest BCUT2D eigenvalue weighted by Crippen LogP contribution is -2.33. The van der Waals surface area contributed by atoms with Gasteiger partial charge in [0.15, 0.2) is 17.6 Å². The molecule has 3 heteroatoms. The van der Waals surface area contributed by atoms with Gasteiger partial charge in [-0.25, -0.2) is 0 Å². The van der Waals surface area contributed by atoms with Crippen molar-refractivity contribution in [2.24, 2.45) is 0 Å². The van der Waals surface area contributed by atoms with Crippen molar-refractivity contribution in [2.75, 3.05) is 13.2 Å². The van der Waals surface area contributed by atoms with Crippen molar-refractivity contribution in [3.8, 4) is 11.5 Å². The number of para-hydroxylation sites is 2. The third-order valence-corrected chi connectivity index (χ3v) is 2.98. The molecule has 0 bridgehead atoms. The predicted octanol–water partition coefficient (Wildman–Crippen LogP) is 3.04. The average molecular weight is 256 g/mol. The van der Waals surface area contributed by atoms with Crippen molar-refractivity contribution in [3.05, 3.63) is 60.2 Å². The van der Waals surface area contributed by atoms with Crippen LogP contribution in [0.25, 0.3) is 0 Å². The molecular weight excluding hydrogens is 240 g/mol. The highest BCUT2D eigenvalue weighted by molar-refractivity contribution is 5.40. The Morgan fingerprint density at radius 3 is 2.53 bits per heavy atom. The molecule has 1 atom stereocenters. The summed E-state index contributed by atoms with van der Waals surface area (Å²) in [6.07, 6.45) is -0.0430. The molecule has 19 heavy (non-hydrogen) atoms. The average Bonchev–Trinajstić information content (AvgIpc) is 2.48. The number of ether oxygens (including phenoxy) is 3. The van der Waals surface area contributed by atoms with Crippen LogP contribution >= 0.6 is 0 Å². The Morgan fingerprint density at radius 2 is 1.68 bits per heavy atom. The standard InChI is InChI=1S/C16H16O3/c1-2-6-13(7-3-1)10-17-11-14-12-18-15-8-4-5-9-16(15)19-14/h1-9,14H,10-12H2/t14-/m1/s1. The van der Waals surface area contributed by atoms with Gasteiger partial charge in [-0.15, -0.1) is 0 Å². The van der Waals surface area contributed by atoms with E-state index in [1.54, 1.807) is 0 Å². The summed E-state index contributed by atoms with van der Waals surface area (Å²) in [5.41, 5.74) is 1.17. The first-order valence-electron chi connectivity index (χ1n) is 6.42. The van der Waals surface area contributed by atoms with E-state index in [-0.39, 0.29) is 6.10 Å². The van der Waals surface area contributed by atoms with Gasteiger partial charge in [-0.1, -0.05) is 42.5 Å². The lowest BCUT2D eigenvalue weighted by atomic mass is 10.2. The van der Waals surface area contributed by atoms with E-state index in [0.29, 0.717) is 19.8 Å². The summed E-state index contributed by atoms with van der Waals surface area (Å²) in [5.74, 6) is 1.60. The van der Waals surface area contributed by atoms with Crippen LogP contribution < -0.4 is 9.47 Å². The molecule has 0 spiro atoms. The van der Waals surface area contributed by atoms with Gasteiger partial charge in [0.1, 0.15) is 6.61 Å². The molecule has 0 saturated heterocycles. The van der Waals surface area contributed by atoms with Gasteiger partial charge in [-0.3, -0.25) is 0 Å². The van der Waals surface area contributed by atoms with Crippen LogP contribution in [0.4, 0.5) is 0 Å². The maximum atomic E-state index is 5.82. The number of rotatable bonds is 4. The predicted molar refractivity (Wildman–Crippen MR) is 72.5 cm³/mol. The Bertz CT molecular complexity index is 525. The van der Waals surface area contributed by atoms with Crippen molar-refractivity contribution >= 4 is 0 Å². The lowest BCUT2D eigenvalue weighted by molar-refractivity contribution is 0.00272. The molecule has 2 aromatic carbocycles. The summed E-state index contributed by atoms with van der Waals surface area (Å²) in [6, 6.07) is 17.8. The van der Waals surface area contributed by atoms with E-state index in [4.69, 9.17) is 14.2 Å². The number of hydrogen-bond acceptors (Lipinski definition) is 3. The maximum absolute atomic E-state index is 5.82. The summed E-state index contributed by atoms with van der Waals surface area (Å²) in [4.78, 5) is 0. The van der Waals surface area contributed by atoms with E-state index in [1.807, 2.05) is 54.6 Å². The Balaban J connectivity index is 1.50. The molecule has 1 heterocycles. The Kier molecular flexibility index (Phi) is 3.65. The third-order valence-electron chi connectivity index (χ3n) is 2.98. The zero-order chi connectivity index (χ0) is 12.9. The van der Waals surface area contributed by atoms with Crippen LogP contribution in [-0.2, 0) is 11.3 Å². The first kappa shape index (κ1) is 12.1. The molecule has 2 aromatic rings. The largest absolute Gasteiger partial charge is 0.486 e. The third kappa shape index (κ3) is 3.06. The van der Waals surface area contributed by atoms with Gasteiger partial charge in [0.2, 0.25) is 0 Å². The Morgan fingerprint density at radius 1 is 0.947 bits per heavy atom. The van der Waals surface area contributed by atoms with Crippen LogP contribution in [-0.4, -0.2) is 19.3 Å². The van der Waals surface area contributed by atoms with Gasteiger partial charge >= 0.3 is 0 Å². The fourth-order valence-electron chi connectivity index (χ4n) is 2.03. The summed E-state index contributed by atoms with van der Waals surface area (Å²) in [5, 5.41) is 0. The van der Waals surface area contributed by atoms with Crippen molar-refractivity contribution in [1.82, 2.24) is 0 Å². The van der Waals surface area contributed by atoms with Crippen LogP contribution in [0.2, 0.25) is 0 Å². The zero-order valence-corrected chi connectivity index (χ0v) is 10.6. The van der Waals surface area contributed by atoms with Crippen LogP contribution in [0.5, 0.6) is 11.5 Å². The van der Waals surface area contributed by atoms with Gasteiger partial charge in [-0.2, -0.15) is 0 Å². The van der Waals surface area contributed by atoms with E-state index < -0.39 is 0 Å². The highest BCUT2D eigenvalue weighted by Gasteiger charge is 2.20. The van der Waals surface area contributed by atoms with Gasteiger partial charge < -0.3 is 14.2 Å². The molecule has 0 radical (unpaired) electrons. The Hall–Kier alpha value is -2.00. The van der Waals surface area contributed by atoms with Gasteiger partial charge in [0.25, 0.3) is 0 Å². The minimum absolute atomic E-state index is 0.0430. The fourth-order valence-corrected chi connectivity index (χ4v) is 2.03. The van der Waals surface area contributed by atoms with Crippen LogP contribution in [0.3, 0.4) is 0 Å². The number of benzene rings is 2. The molecule has 0 aromatic heterocycles. The van der Waals surface area contributed by atoms with Gasteiger partial charge in [0.05, 0.1) is 13.2 Å². The molecule has 0 unspecified atom stereocenters. The molecule has 98 valence electrons. The van der Waals surface area contributed by atoms with Gasteiger partial charge in [0, 0.05) is 0 Å². The van der Waals surface area contributed by atoms with Crippen LogP contribution in [0, 0.1) is 0 Å². The first-order valence-corrected chi connectivity index (χ1v) is 6.42. The smallest absolute Gasteiger partial charge is 0.161 e. The molecule has 0 saturated carbocycles. The van der Waals surface area contributed by atoms with E-state index in [0.717, 1.165) is 11.5 Å². The molecular formula is C16H16O3. The van der Waals surface area contributed by atoms with E-state index >= 15 is 0 Å². The van der Waals surface area contributed by atoms with E-state index in [9.17, 15) is 0 Å². The maximum Gasteiger partial charge on any atom is 0.161 e. The second-order valence-corrected chi connectivity index (χ2v) is 4.50. The summed E-state index contributed by atoms with van der Waals surface area (Å²) in [7, 11) is 0. The van der Waals surface area contributed by atoms with Gasteiger partial charge in [-0.05, 0) is 17.7 Å². The fraction of sp³-hybridized carbons (Fsp3) is 0.250. The number of fused-ring (bicyclic) bond motifs is 1. The highest BCUT2D eigenvalue weighted by atomic mass is 16.6. The highest BCUT2D eigenvalue weighted by Crippen LogP contribution is 2.30. The van der Waals surface area contributed by atoms with Crippen molar-refractivity contribution in [1.29, 1.82) is 0 Å². The summed E-state index contributed by atoms with van der Waals surface area (Å²) >= 11 is 0. The topological polar surface area (TPSA) is 27.7 Å². The first-order chi connectivity index (χ1) is 9.42.